The van der Waals surface area contributed by atoms with Crippen molar-refractivity contribution in [1.29, 1.82) is 0 Å². The minimum absolute atomic E-state index is 0.316. The van der Waals surface area contributed by atoms with Crippen molar-refractivity contribution in [2.24, 2.45) is 0 Å². The molecular formula is C14H17N3O2. The molecule has 1 atom stereocenters. The molecule has 2 aromatic rings. The van der Waals surface area contributed by atoms with Gasteiger partial charge in [0.2, 0.25) is 0 Å². The van der Waals surface area contributed by atoms with Gasteiger partial charge in [-0.15, -0.1) is 0 Å². The van der Waals surface area contributed by atoms with Gasteiger partial charge in [0, 0.05) is 6.20 Å². The molecule has 0 saturated carbocycles. The number of pyridine rings is 1. The van der Waals surface area contributed by atoms with E-state index >= 15 is 0 Å². The summed E-state index contributed by atoms with van der Waals surface area (Å²) in [6.07, 6.45) is 6.05. The van der Waals surface area contributed by atoms with Crippen molar-refractivity contribution in [3.63, 3.8) is 0 Å². The summed E-state index contributed by atoms with van der Waals surface area (Å²) in [6, 6.07) is 3.96. The van der Waals surface area contributed by atoms with Crippen LogP contribution in [0, 0.1) is 0 Å². The molecule has 1 fully saturated rings. The molecule has 0 spiro atoms. The van der Waals surface area contributed by atoms with Crippen LogP contribution in [0.25, 0.3) is 5.52 Å². The van der Waals surface area contributed by atoms with Gasteiger partial charge >= 0.3 is 5.97 Å². The van der Waals surface area contributed by atoms with E-state index in [2.05, 4.69) is 21.3 Å². The number of ether oxygens (including phenoxy) is 1. The lowest BCUT2D eigenvalue weighted by Crippen LogP contribution is -2.19. The number of nitrogens with zero attached hydrogens (tertiary/aromatic N) is 3. The summed E-state index contributed by atoms with van der Waals surface area (Å²) in [5.41, 5.74) is 1.49. The summed E-state index contributed by atoms with van der Waals surface area (Å²) in [5, 5.41) is 0. The monoisotopic (exact) mass is 259 g/mol. The highest BCUT2D eigenvalue weighted by molar-refractivity contribution is 5.90. The number of imidazole rings is 1. The Morgan fingerprint density at radius 3 is 3.05 bits per heavy atom. The summed E-state index contributed by atoms with van der Waals surface area (Å²) < 4.78 is 6.79. The van der Waals surface area contributed by atoms with Gasteiger partial charge in [-0.05, 0) is 38.6 Å². The van der Waals surface area contributed by atoms with Crippen LogP contribution in [-0.4, -0.2) is 41.0 Å². The van der Waals surface area contributed by atoms with Gasteiger partial charge in [-0.2, -0.15) is 0 Å². The van der Waals surface area contributed by atoms with E-state index in [-0.39, 0.29) is 5.97 Å². The smallest absolute Gasteiger partial charge is 0.337 e. The predicted octanol–water partition coefficient (Wildman–Crippen LogP) is 1.89. The van der Waals surface area contributed by atoms with E-state index < -0.39 is 0 Å². The Morgan fingerprint density at radius 2 is 2.37 bits per heavy atom. The normalized spacial score (nSPS) is 20.0. The number of carbonyl (C=O) groups is 1. The third-order valence-electron chi connectivity index (χ3n) is 3.80. The lowest BCUT2D eigenvalue weighted by Gasteiger charge is -2.18. The molecule has 1 saturated heterocycles. The van der Waals surface area contributed by atoms with Crippen LogP contribution in [-0.2, 0) is 4.74 Å². The van der Waals surface area contributed by atoms with E-state index in [9.17, 15) is 4.79 Å². The zero-order valence-corrected chi connectivity index (χ0v) is 11.2. The minimum Gasteiger partial charge on any atom is -0.465 e. The average Bonchev–Trinajstić information content (AvgIpc) is 3.02. The first-order valence-corrected chi connectivity index (χ1v) is 6.46. The van der Waals surface area contributed by atoms with Gasteiger partial charge in [-0.3, -0.25) is 4.90 Å². The van der Waals surface area contributed by atoms with Crippen LogP contribution in [0.5, 0.6) is 0 Å². The molecule has 0 amide bonds. The molecule has 19 heavy (non-hydrogen) atoms. The van der Waals surface area contributed by atoms with Gasteiger partial charge in [-0.25, -0.2) is 9.78 Å². The summed E-state index contributed by atoms with van der Waals surface area (Å²) in [5.74, 6) is 0.731. The molecule has 0 radical (unpaired) electrons. The van der Waals surface area contributed by atoms with Crippen LogP contribution in [0.3, 0.4) is 0 Å². The molecule has 0 aromatic carbocycles. The number of rotatable bonds is 2. The Balaban J connectivity index is 2.02. The number of hydrogen-bond acceptors (Lipinski definition) is 4. The Hall–Kier alpha value is -1.88. The zero-order valence-electron chi connectivity index (χ0n) is 11.2. The van der Waals surface area contributed by atoms with Gasteiger partial charge in [0.05, 0.1) is 30.4 Å². The van der Waals surface area contributed by atoms with Crippen LogP contribution in [0.15, 0.2) is 24.5 Å². The number of esters is 1. The Kier molecular flexibility index (Phi) is 2.98. The van der Waals surface area contributed by atoms with Crippen LogP contribution in [0.2, 0.25) is 0 Å². The summed E-state index contributed by atoms with van der Waals surface area (Å²) >= 11 is 0. The van der Waals surface area contributed by atoms with Crippen molar-refractivity contribution in [3.05, 3.63) is 35.9 Å². The number of aromatic nitrogens is 2. The first kappa shape index (κ1) is 12.2. The molecule has 0 bridgehead atoms. The highest BCUT2D eigenvalue weighted by Gasteiger charge is 2.26. The van der Waals surface area contributed by atoms with Gasteiger partial charge in [0.15, 0.2) is 0 Å². The lowest BCUT2D eigenvalue weighted by molar-refractivity contribution is 0.0600. The van der Waals surface area contributed by atoms with Gasteiger partial charge in [0.25, 0.3) is 0 Å². The second kappa shape index (κ2) is 4.66. The fraction of sp³-hybridized carbons (Fsp3) is 0.429. The standard InChI is InChI=1S/C14H17N3O2/c1-16-6-3-4-12(16)13-15-9-11-8-10(14(18)19-2)5-7-17(11)13/h5,7-9,12H,3-4,6H2,1-2H3. The van der Waals surface area contributed by atoms with E-state index in [1.807, 2.05) is 18.5 Å². The molecule has 2 aromatic heterocycles. The maximum Gasteiger partial charge on any atom is 0.337 e. The molecule has 0 aliphatic carbocycles. The number of hydrogen-bond donors (Lipinski definition) is 0. The molecule has 1 aliphatic heterocycles. The third-order valence-corrected chi connectivity index (χ3v) is 3.80. The maximum atomic E-state index is 11.5. The second-order valence-corrected chi connectivity index (χ2v) is 4.96. The van der Waals surface area contributed by atoms with Gasteiger partial charge < -0.3 is 9.14 Å². The highest BCUT2D eigenvalue weighted by atomic mass is 16.5. The number of methoxy groups -OCH3 is 1. The fourth-order valence-corrected chi connectivity index (χ4v) is 2.75. The number of carbonyl (C=O) groups excluding carboxylic acids is 1. The van der Waals surface area contributed by atoms with Crippen molar-refractivity contribution in [1.82, 2.24) is 14.3 Å². The van der Waals surface area contributed by atoms with E-state index in [1.54, 1.807) is 6.07 Å². The van der Waals surface area contributed by atoms with E-state index in [1.165, 1.54) is 13.5 Å². The van der Waals surface area contributed by atoms with Crippen LogP contribution < -0.4 is 0 Å². The first-order chi connectivity index (χ1) is 9.20. The van der Waals surface area contributed by atoms with Crippen LogP contribution >= 0.6 is 0 Å². The molecule has 5 heteroatoms. The molecule has 1 unspecified atom stereocenters. The molecule has 3 rings (SSSR count). The Labute approximate surface area is 111 Å². The highest BCUT2D eigenvalue weighted by Crippen LogP contribution is 2.29. The molecule has 100 valence electrons. The topological polar surface area (TPSA) is 46.8 Å². The zero-order chi connectivity index (χ0) is 13.4. The maximum absolute atomic E-state index is 11.5. The van der Waals surface area contributed by atoms with E-state index in [0.717, 1.165) is 24.3 Å². The van der Waals surface area contributed by atoms with Gasteiger partial charge in [-0.1, -0.05) is 0 Å². The third kappa shape index (κ3) is 2.00. The summed E-state index contributed by atoms with van der Waals surface area (Å²) in [7, 11) is 3.52. The predicted molar refractivity (Wildman–Crippen MR) is 71.1 cm³/mol. The van der Waals surface area contributed by atoms with Crippen LogP contribution in [0.1, 0.15) is 35.1 Å². The second-order valence-electron chi connectivity index (χ2n) is 4.96. The lowest BCUT2D eigenvalue weighted by atomic mass is 10.2. The van der Waals surface area contributed by atoms with Gasteiger partial charge in [0.1, 0.15) is 5.82 Å². The molecular weight excluding hydrogens is 242 g/mol. The number of fused-ring (bicyclic) bond motifs is 1. The van der Waals surface area contributed by atoms with E-state index in [0.29, 0.717) is 11.6 Å². The van der Waals surface area contributed by atoms with Crippen molar-refractivity contribution in [2.75, 3.05) is 20.7 Å². The quantitative estimate of drug-likeness (QED) is 0.773. The average molecular weight is 259 g/mol. The SMILES string of the molecule is COC(=O)c1ccn2c(C3CCCN3C)ncc2c1. The van der Waals surface area contributed by atoms with Crippen molar-refractivity contribution in [2.45, 2.75) is 18.9 Å². The minimum atomic E-state index is -0.316. The largest absolute Gasteiger partial charge is 0.465 e. The molecule has 0 N–H and O–H groups in total. The Morgan fingerprint density at radius 1 is 1.53 bits per heavy atom. The molecule has 3 heterocycles. The summed E-state index contributed by atoms with van der Waals surface area (Å²) in [6.45, 7) is 1.11. The molecule has 5 nitrogen and oxygen atoms in total. The number of likely N-dealkylation sites (tertiary alicyclic amines) is 1. The Bertz CT molecular complexity index is 620. The fourth-order valence-electron chi connectivity index (χ4n) is 2.75. The molecule has 1 aliphatic rings. The van der Waals surface area contributed by atoms with Crippen molar-refractivity contribution in [3.8, 4) is 0 Å². The van der Waals surface area contributed by atoms with Crippen LogP contribution in [0.4, 0.5) is 0 Å². The van der Waals surface area contributed by atoms with E-state index in [4.69, 9.17) is 4.74 Å². The summed E-state index contributed by atoms with van der Waals surface area (Å²) in [4.78, 5) is 18.4. The van der Waals surface area contributed by atoms with Crippen molar-refractivity contribution < 1.29 is 9.53 Å². The first-order valence-electron chi connectivity index (χ1n) is 6.46. The van der Waals surface area contributed by atoms with Crippen molar-refractivity contribution >= 4 is 11.5 Å².